The van der Waals surface area contributed by atoms with Crippen molar-refractivity contribution in [2.75, 3.05) is 0 Å². The van der Waals surface area contributed by atoms with Gasteiger partial charge >= 0.3 is 0 Å². The molecule has 2 aromatic carbocycles. The molecule has 0 saturated heterocycles. The van der Waals surface area contributed by atoms with Crippen LogP contribution < -0.4 is 0 Å². The van der Waals surface area contributed by atoms with E-state index in [9.17, 15) is 10.1 Å². The number of para-hydroxylation sites is 1. The van der Waals surface area contributed by atoms with Crippen molar-refractivity contribution in [1.29, 1.82) is 0 Å². The van der Waals surface area contributed by atoms with Gasteiger partial charge in [-0.15, -0.1) is 0 Å². The van der Waals surface area contributed by atoms with Gasteiger partial charge in [-0.25, -0.2) is 4.68 Å². The summed E-state index contributed by atoms with van der Waals surface area (Å²) in [6.45, 7) is 1.85. The van der Waals surface area contributed by atoms with Crippen LogP contribution in [0, 0.1) is 17.0 Å². The number of benzene rings is 2. The van der Waals surface area contributed by atoms with E-state index in [0.29, 0.717) is 16.4 Å². The maximum atomic E-state index is 10.7. The van der Waals surface area contributed by atoms with Crippen LogP contribution in [0.2, 0.25) is 5.15 Å². The molecule has 0 spiro atoms. The van der Waals surface area contributed by atoms with Crippen LogP contribution in [0.25, 0.3) is 5.69 Å². The lowest BCUT2D eigenvalue weighted by atomic mass is 10.2. The second kappa shape index (κ2) is 6.64. The van der Waals surface area contributed by atoms with Gasteiger partial charge in [-0.05, 0) is 31.2 Å². The first-order valence-corrected chi connectivity index (χ1v) is 7.53. The van der Waals surface area contributed by atoms with Crippen LogP contribution in [-0.4, -0.2) is 20.9 Å². The lowest BCUT2D eigenvalue weighted by Gasteiger charge is -2.01. The average Bonchev–Trinajstić information content (AvgIpc) is 2.88. The van der Waals surface area contributed by atoms with Gasteiger partial charge < -0.3 is 0 Å². The van der Waals surface area contributed by atoms with E-state index < -0.39 is 4.92 Å². The highest BCUT2D eigenvalue weighted by Crippen LogP contribution is 2.23. The number of aliphatic imine (C=N–C) groups is 1. The highest BCUT2D eigenvalue weighted by atomic mass is 35.5. The van der Waals surface area contributed by atoms with E-state index in [1.165, 1.54) is 12.1 Å². The van der Waals surface area contributed by atoms with Crippen molar-refractivity contribution in [1.82, 2.24) is 9.78 Å². The number of hydrogen-bond acceptors (Lipinski definition) is 4. The highest BCUT2D eigenvalue weighted by molar-refractivity contribution is 6.32. The fraction of sp³-hybridized carbons (Fsp3) is 0.0588. The average molecular weight is 341 g/mol. The van der Waals surface area contributed by atoms with Crippen molar-refractivity contribution in [3.05, 3.63) is 81.1 Å². The Hall–Kier alpha value is -2.99. The van der Waals surface area contributed by atoms with Gasteiger partial charge in [0.05, 0.1) is 27.6 Å². The first-order valence-electron chi connectivity index (χ1n) is 7.15. The lowest BCUT2D eigenvalue weighted by molar-refractivity contribution is -0.384. The minimum atomic E-state index is -0.446. The predicted molar refractivity (Wildman–Crippen MR) is 93.7 cm³/mol. The van der Waals surface area contributed by atoms with Crippen LogP contribution >= 0.6 is 11.6 Å². The van der Waals surface area contributed by atoms with Crippen LogP contribution in [-0.2, 0) is 0 Å². The standard InChI is InChI=1S/C17H13ClN4O2/c1-12-16(11-19-13-7-9-15(10-8-13)22(23)24)17(18)21(20-12)14-5-3-2-4-6-14/h2-11H,1H3. The summed E-state index contributed by atoms with van der Waals surface area (Å²) >= 11 is 6.42. The fourth-order valence-electron chi connectivity index (χ4n) is 2.20. The molecule has 0 aliphatic rings. The smallest absolute Gasteiger partial charge is 0.258 e. The zero-order valence-electron chi connectivity index (χ0n) is 12.8. The normalized spacial score (nSPS) is 11.1. The third-order valence-corrected chi connectivity index (χ3v) is 3.82. The molecule has 6 nitrogen and oxygen atoms in total. The van der Waals surface area contributed by atoms with E-state index in [0.717, 1.165) is 11.4 Å². The van der Waals surface area contributed by atoms with E-state index in [1.807, 2.05) is 37.3 Å². The Balaban J connectivity index is 1.90. The Morgan fingerprint density at radius 2 is 1.83 bits per heavy atom. The summed E-state index contributed by atoms with van der Waals surface area (Å²) in [5.74, 6) is 0. The second-order valence-electron chi connectivity index (χ2n) is 5.07. The molecule has 3 rings (SSSR count). The summed E-state index contributed by atoms with van der Waals surface area (Å²) in [5.41, 5.74) is 2.94. The Labute approximate surface area is 143 Å². The molecule has 0 aliphatic carbocycles. The molecule has 1 heterocycles. The number of non-ortho nitro benzene ring substituents is 1. The Bertz CT molecular complexity index is 902. The molecule has 120 valence electrons. The van der Waals surface area contributed by atoms with E-state index >= 15 is 0 Å². The van der Waals surface area contributed by atoms with Crippen molar-refractivity contribution >= 4 is 29.2 Å². The largest absolute Gasteiger partial charge is 0.269 e. The monoisotopic (exact) mass is 340 g/mol. The number of aromatic nitrogens is 2. The van der Waals surface area contributed by atoms with Crippen molar-refractivity contribution in [3.8, 4) is 5.69 Å². The summed E-state index contributed by atoms with van der Waals surface area (Å²) in [6, 6.07) is 15.6. The maximum absolute atomic E-state index is 10.7. The molecule has 0 atom stereocenters. The molecule has 7 heteroatoms. The summed E-state index contributed by atoms with van der Waals surface area (Å²) in [7, 11) is 0. The van der Waals surface area contributed by atoms with Crippen molar-refractivity contribution in [2.24, 2.45) is 4.99 Å². The molecule has 0 saturated carbocycles. The Morgan fingerprint density at radius 1 is 1.17 bits per heavy atom. The van der Waals surface area contributed by atoms with E-state index in [2.05, 4.69) is 10.1 Å². The minimum absolute atomic E-state index is 0.0278. The Morgan fingerprint density at radius 3 is 2.46 bits per heavy atom. The summed E-state index contributed by atoms with van der Waals surface area (Å²) < 4.78 is 1.65. The molecule has 3 aromatic rings. The van der Waals surface area contributed by atoms with Gasteiger partial charge in [0.15, 0.2) is 0 Å². The molecule has 0 fully saturated rings. The number of nitro groups is 1. The van der Waals surface area contributed by atoms with Gasteiger partial charge in [0.25, 0.3) is 5.69 Å². The van der Waals surface area contributed by atoms with Crippen LogP contribution in [0.3, 0.4) is 0 Å². The molecule has 0 amide bonds. The SMILES string of the molecule is Cc1nn(-c2ccccc2)c(Cl)c1C=Nc1ccc([N+](=O)[O-])cc1. The van der Waals surface area contributed by atoms with Crippen molar-refractivity contribution < 1.29 is 4.92 Å². The number of nitro benzene ring substituents is 1. The molecular weight excluding hydrogens is 328 g/mol. The zero-order valence-corrected chi connectivity index (χ0v) is 13.5. The molecule has 0 radical (unpaired) electrons. The minimum Gasteiger partial charge on any atom is -0.258 e. The molecular formula is C17H13ClN4O2. The van der Waals surface area contributed by atoms with Gasteiger partial charge in [0.2, 0.25) is 0 Å². The number of halogens is 1. The van der Waals surface area contributed by atoms with Gasteiger partial charge in [-0.3, -0.25) is 15.1 Å². The number of rotatable bonds is 4. The first kappa shape index (κ1) is 15.9. The molecule has 0 bridgehead atoms. The zero-order chi connectivity index (χ0) is 17.1. The van der Waals surface area contributed by atoms with E-state index in [1.54, 1.807) is 23.0 Å². The van der Waals surface area contributed by atoms with Crippen LogP contribution in [0.4, 0.5) is 11.4 Å². The second-order valence-corrected chi connectivity index (χ2v) is 5.43. The van der Waals surface area contributed by atoms with Gasteiger partial charge in [0, 0.05) is 18.3 Å². The first-order chi connectivity index (χ1) is 11.6. The van der Waals surface area contributed by atoms with Crippen LogP contribution in [0.15, 0.2) is 59.6 Å². The molecule has 24 heavy (non-hydrogen) atoms. The van der Waals surface area contributed by atoms with Crippen molar-refractivity contribution in [3.63, 3.8) is 0 Å². The fourth-order valence-corrected chi connectivity index (χ4v) is 2.52. The summed E-state index contributed by atoms with van der Waals surface area (Å²) in [5, 5.41) is 15.6. The maximum Gasteiger partial charge on any atom is 0.269 e. The highest BCUT2D eigenvalue weighted by Gasteiger charge is 2.13. The van der Waals surface area contributed by atoms with Gasteiger partial charge in [0.1, 0.15) is 5.15 Å². The predicted octanol–water partition coefficient (Wildman–Crippen LogP) is 4.49. The van der Waals surface area contributed by atoms with Crippen molar-refractivity contribution in [2.45, 2.75) is 6.92 Å². The molecule has 0 aliphatic heterocycles. The van der Waals surface area contributed by atoms with Gasteiger partial charge in [-0.2, -0.15) is 5.10 Å². The third-order valence-electron chi connectivity index (χ3n) is 3.45. The van der Waals surface area contributed by atoms with Gasteiger partial charge in [-0.1, -0.05) is 29.8 Å². The van der Waals surface area contributed by atoms with Crippen LogP contribution in [0.5, 0.6) is 0 Å². The van der Waals surface area contributed by atoms with Crippen LogP contribution in [0.1, 0.15) is 11.3 Å². The lowest BCUT2D eigenvalue weighted by Crippen LogP contribution is -1.96. The summed E-state index contributed by atoms with van der Waals surface area (Å²) in [4.78, 5) is 14.5. The molecule has 0 unspecified atom stereocenters. The molecule has 0 N–H and O–H groups in total. The molecule has 1 aromatic heterocycles. The number of aryl methyl sites for hydroxylation is 1. The number of nitrogens with zero attached hydrogens (tertiary/aromatic N) is 4. The topological polar surface area (TPSA) is 73.3 Å². The Kier molecular flexibility index (Phi) is 4.39. The third kappa shape index (κ3) is 3.18. The number of hydrogen-bond donors (Lipinski definition) is 0. The van der Waals surface area contributed by atoms with E-state index in [-0.39, 0.29) is 5.69 Å². The van der Waals surface area contributed by atoms with E-state index in [4.69, 9.17) is 11.6 Å². The quantitative estimate of drug-likeness (QED) is 0.399. The summed E-state index contributed by atoms with van der Waals surface area (Å²) in [6.07, 6.45) is 1.62.